The molecule has 0 radical (unpaired) electrons. The van der Waals surface area contributed by atoms with Gasteiger partial charge in [-0.25, -0.2) is 13.5 Å². The lowest BCUT2D eigenvalue weighted by Gasteiger charge is -2.32. The Labute approximate surface area is 153 Å². The van der Waals surface area contributed by atoms with Crippen LogP contribution in [0.5, 0.6) is 0 Å². The van der Waals surface area contributed by atoms with Gasteiger partial charge < -0.3 is 9.94 Å². The maximum absolute atomic E-state index is 14.7. The van der Waals surface area contributed by atoms with Crippen molar-refractivity contribution in [2.75, 3.05) is 11.5 Å². The molecule has 2 aliphatic heterocycles. The number of oxime groups is 1. The van der Waals surface area contributed by atoms with Crippen molar-refractivity contribution in [3.8, 4) is 0 Å². The highest BCUT2D eigenvalue weighted by Crippen LogP contribution is 2.39. The Morgan fingerprint density at radius 3 is 2.65 bits per heavy atom. The van der Waals surface area contributed by atoms with Crippen molar-refractivity contribution < 1.29 is 18.7 Å². The van der Waals surface area contributed by atoms with E-state index in [4.69, 9.17) is 4.84 Å². The lowest BCUT2D eigenvalue weighted by atomic mass is 9.86. The zero-order chi connectivity index (χ0) is 18.1. The average molecular weight is 380 g/mol. The van der Waals surface area contributed by atoms with E-state index in [1.807, 2.05) is 0 Å². The third-order valence-electron chi connectivity index (χ3n) is 4.76. The summed E-state index contributed by atoms with van der Waals surface area (Å²) in [6, 6.07) is 2.47. The lowest BCUT2D eigenvalue weighted by Crippen LogP contribution is -2.33. The number of hydrogen-bond acceptors (Lipinski definition) is 6. The molecule has 1 saturated heterocycles. The van der Waals surface area contributed by atoms with Crippen LogP contribution in [0.3, 0.4) is 0 Å². The minimum Gasteiger partial charge on any atom is -0.390 e. The second-order valence-electron chi connectivity index (χ2n) is 6.55. The van der Waals surface area contributed by atoms with Crippen molar-refractivity contribution in [3.05, 3.63) is 47.3 Å². The maximum Gasteiger partial charge on any atom is 0.152 e. The lowest BCUT2D eigenvalue weighted by molar-refractivity contribution is 0.0208. The van der Waals surface area contributed by atoms with E-state index in [1.54, 1.807) is 28.8 Å². The van der Waals surface area contributed by atoms with Crippen LogP contribution in [-0.4, -0.2) is 43.4 Å². The molecule has 1 N–H and O–H groups in total. The molecule has 1 aromatic heterocycles. The van der Waals surface area contributed by atoms with Crippen LogP contribution < -0.4 is 0 Å². The van der Waals surface area contributed by atoms with Crippen molar-refractivity contribution in [2.45, 2.75) is 37.5 Å². The normalized spacial score (nSPS) is 22.1. The van der Waals surface area contributed by atoms with E-state index in [9.17, 15) is 13.9 Å². The monoisotopic (exact) mass is 380 g/mol. The van der Waals surface area contributed by atoms with Gasteiger partial charge in [0, 0.05) is 18.2 Å². The molecule has 0 spiro atoms. The summed E-state index contributed by atoms with van der Waals surface area (Å²) in [4.78, 5) is 5.34. The molecule has 1 atom stereocenters. The van der Waals surface area contributed by atoms with Gasteiger partial charge >= 0.3 is 0 Å². The van der Waals surface area contributed by atoms with E-state index in [0.717, 1.165) is 0 Å². The Morgan fingerprint density at radius 1 is 1.27 bits per heavy atom. The molecular weight excluding hydrogens is 362 g/mol. The maximum atomic E-state index is 14.7. The van der Waals surface area contributed by atoms with Gasteiger partial charge in [0.25, 0.3) is 0 Å². The van der Waals surface area contributed by atoms with Crippen LogP contribution in [0.2, 0.25) is 0 Å². The van der Waals surface area contributed by atoms with Gasteiger partial charge in [-0.15, -0.1) is 5.10 Å². The van der Waals surface area contributed by atoms with E-state index in [1.165, 1.54) is 12.1 Å². The van der Waals surface area contributed by atoms with Gasteiger partial charge in [-0.2, -0.15) is 11.8 Å². The number of hydrogen-bond donors (Lipinski definition) is 1. The van der Waals surface area contributed by atoms with Gasteiger partial charge in [-0.05, 0) is 36.5 Å². The SMILES string of the molecule is OC1(c2c(F)cc(C3=NO[C@@H](Cn4ccnn4)C3)cc2F)CCSCC1. The first kappa shape index (κ1) is 17.4. The van der Waals surface area contributed by atoms with E-state index in [2.05, 4.69) is 15.5 Å². The molecule has 4 rings (SSSR count). The highest BCUT2D eigenvalue weighted by molar-refractivity contribution is 7.99. The predicted octanol–water partition coefficient (Wildman–Crippen LogP) is 2.46. The van der Waals surface area contributed by atoms with Crippen molar-refractivity contribution >= 4 is 17.5 Å². The Bertz CT molecular complexity index is 799. The molecule has 0 aliphatic carbocycles. The quantitative estimate of drug-likeness (QED) is 0.882. The van der Waals surface area contributed by atoms with E-state index < -0.39 is 17.2 Å². The highest BCUT2D eigenvalue weighted by Gasteiger charge is 2.37. The molecule has 1 fully saturated rings. The zero-order valence-electron chi connectivity index (χ0n) is 13.9. The molecule has 2 aromatic rings. The number of benzene rings is 1. The summed E-state index contributed by atoms with van der Waals surface area (Å²) in [5.41, 5.74) is -0.869. The first-order valence-electron chi connectivity index (χ1n) is 8.42. The van der Waals surface area contributed by atoms with Crippen molar-refractivity contribution in [1.82, 2.24) is 15.0 Å². The summed E-state index contributed by atoms with van der Waals surface area (Å²) >= 11 is 1.68. The largest absolute Gasteiger partial charge is 0.390 e. The first-order valence-corrected chi connectivity index (χ1v) is 9.57. The molecule has 6 nitrogen and oxygen atoms in total. The molecule has 9 heteroatoms. The molecule has 0 bridgehead atoms. The summed E-state index contributed by atoms with van der Waals surface area (Å²) in [5.74, 6) is -0.114. The van der Waals surface area contributed by atoms with Gasteiger partial charge in [-0.3, -0.25) is 0 Å². The molecule has 138 valence electrons. The number of thioether (sulfide) groups is 1. The van der Waals surface area contributed by atoms with Crippen molar-refractivity contribution in [3.63, 3.8) is 0 Å². The van der Waals surface area contributed by atoms with Gasteiger partial charge in [0.1, 0.15) is 11.6 Å². The van der Waals surface area contributed by atoms with Gasteiger partial charge in [0.15, 0.2) is 6.10 Å². The summed E-state index contributed by atoms with van der Waals surface area (Å²) in [6.45, 7) is 0.452. The Balaban J connectivity index is 1.53. The molecular formula is C17H18F2N4O2S. The van der Waals surface area contributed by atoms with Crippen LogP contribution in [-0.2, 0) is 17.0 Å². The average Bonchev–Trinajstić information content (AvgIpc) is 3.27. The Hall–Kier alpha value is -2.00. The minimum atomic E-state index is -1.44. The topological polar surface area (TPSA) is 72.5 Å². The number of halogens is 2. The van der Waals surface area contributed by atoms with Crippen molar-refractivity contribution in [2.24, 2.45) is 5.16 Å². The smallest absolute Gasteiger partial charge is 0.152 e. The summed E-state index contributed by atoms with van der Waals surface area (Å²) in [6.07, 6.45) is 4.10. The van der Waals surface area contributed by atoms with Crippen LogP contribution in [0.15, 0.2) is 29.7 Å². The molecule has 1 aromatic carbocycles. The molecule has 0 amide bonds. The second kappa shape index (κ2) is 6.96. The molecule has 0 unspecified atom stereocenters. The van der Waals surface area contributed by atoms with Crippen LogP contribution in [0.4, 0.5) is 8.78 Å². The fourth-order valence-electron chi connectivity index (χ4n) is 3.38. The van der Waals surface area contributed by atoms with Gasteiger partial charge in [0.05, 0.1) is 29.6 Å². The minimum absolute atomic E-state index is 0.236. The number of nitrogens with zero attached hydrogens (tertiary/aromatic N) is 4. The summed E-state index contributed by atoms with van der Waals surface area (Å²) < 4.78 is 31.0. The van der Waals surface area contributed by atoms with Crippen LogP contribution in [0.25, 0.3) is 0 Å². The highest BCUT2D eigenvalue weighted by atomic mass is 32.2. The molecule has 26 heavy (non-hydrogen) atoms. The van der Waals surface area contributed by atoms with Crippen molar-refractivity contribution in [1.29, 1.82) is 0 Å². The molecule has 0 saturated carbocycles. The van der Waals surface area contributed by atoms with E-state index >= 15 is 0 Å². The third-order valence-corrected chi connectivity index (χ3v) is 5.74. The summed E-state index contributed by atoms with van der Waals surface area (Å²) in [5, 5.41) is 22.2. The number of aromatic nitrogens is 3. The standard InChI is InChI=1S/C17H18F2N4O2S/c18-13-7-11(8-14(19)16(13)17(24)1-5-26-6-2-17)15-9-12(25-21-15)10-23-4-3-20-22-23/h3-4,7-8,12,24H,1-2,5-6,9-10H2/t12-/m1/s1. The van der Waals surface area contributed by atoms with E-state index in [0.29, 0.717) is 48.6 Å². The fourth-order valence-corrected chi connectivity index (χ4v) is 4.55. The zero-order valence-corrected chi connectivity index (χ0v) is 14.8. The van der Waals surface area contributed by atoms with Gasteiger partial charge in [-0.1, -0.05) is 10.4 Å². The number of rotatable bonds is 4. The Kier molecular flexibility index (Phi) is 4.66. The predicted molar refractivity (Wildman–Crippen MR) is 92.9 cm³/mol. The second-order valence-corrected chi connectivity index (χ2v) is 7.78. The van der Waals surface area contributed by atoms with Crippen LogP contribution in [0.1, 0.15) is 30.4 Å². The molecule has 2 aliphatic rings. The first-order chi connectivity index (χ1) is 12.5. The third kappa shape index (κ3) is 3.33. The van der Waals surface area contributed by atoms with Gasteiger partial charge in [0.2, 0.25) is 0 Å². The van der Waals surface area contributed by atoms with Crippen LogP contribution in [0, 0.1) is 11.6 Å². The molecule has 3 heterocycles. The Morgan fingerprint density at radius 2 is 2.00 bits per heavy atom. The van der Waals surface area contributed by atoms with Crippen LogP contribution >= 0.6 is 11.8 Å². The van der Waals surface area contributed by atoms with E-state index in [-0.39, 0.29) is 11.7 Å². The number of aliphatic hydroxyl groups is 1. The fraction of sp³-hybridized carbons (Fsp3) is 0.471. The summed E-state index contributed by atoms with van der Waals surface area (Å²) in [7, 11) is 0.